The van der Waals surface area contributed by atoms with Gasteiger partial charge in [0.15, 0.2) is 0 Å². The average Bonchev–Trinajstić information content (AvgIpc) is 2.34. The molecular weight excluding hydrogens is 395 g/mol. The molecule has 0 aliphatic carbocycles. The van der Waals surface area contributed by atoms with Crippen LogP contribution in [0.25, 0.3) is 0 Å². The van der Waals surface area contributed by atoms with E-state index in [1.807, 2.05) is 0 Å². The summed E-state index contributed by atoms with van der Waals surface area (Å²) in [4.78, 5) is 23.4. The number of carbonyl (C=O) groups is 2. The van der Waals surface area contributed by atoms with Gasteiger partial charge in [0, 0.05) is 3.57 Å². The van der Waals surface area contributed by atoms with Gasteiger partial charge in [-0.15, -0.1) is 0 Å². The number of hydrogen-bond donors (Lipinski definition) is 1. The first kappa shape index (κ1) is 15.4. The number of nitrogens with zero attached hydrogens (tertiary/aromatic N) is 1. The van der Waals surface area contributed by atoms with E-state index in [-0.39, 0.29) is 11.4 Å². The molecule has 20 heavy (non-hydrogen) atoms. The SMILES string of the molecule is CC1(C)C(=O)NC(=O)CN1S(=O)(=O)c1ccc(I)cc1. The van der Waals surface area contributed by atoms with Gasteiger partial charge in [-0.25, -0.2) is 8.42 Å². The van der Waals surface area contributed by atoms with Gasteiger partial charge in [-0.05, 0) is 60.7 Å². The first-order chi connectivity index (χ1) is 9.15. The minimum atomic E-state index is -3.90. The Hall–Kier alpha value is -1.000. The Morgan fingerprint density at radius 3 is 2.30 bits per heavy atom. The molecule has 1 aromatic rings. The maximum Gasteiger partial charge on any atom is 0.247 e. The topological polar surface area (TPSA) is 83.6 Å². The molecule has 6 nitrogen and oxygen atoms in total. The third kappa shape index (κ3) is 2.59. The van der Waals surface area contributed by atoms with Crippen LogP contribution in [0.15, 0.2) is 29.2 Å². The number of nitrogens with one attached hydrogen (secondary N) is 1. The largest absolute Gasteiger partial charge is 0.294 e. The van der Waals surface area contributed by atoms with E-state index in [2.05, 4.69) is 27.9 Å². The summed E-state index contributed by atoms with van der Waals surface area (Å²) in [6, 6.07) is 6.24. The zero-order chi connectivity index (χ0) is 15.1. The first-order valence-electron chi connectivity index (χ1n) is 5.78. The van der Waals surface area contributed by atoms with Crippen LogP contribution in [-0.2, 0) is 19.6 Å². The summed E-state index contributed by atoms with van der Waals surface area (Å²) in [5, 5.41) is 2.15. The lowest BCUT2D eigenvalue weighted by Crippen LogP contribution is -2.65. The van der Waals surface area contributed by atoms with Crippen LogP contribution < -0.4 is 5.32 Å². The number of imide groups is 1. The number of piperazine rings is 1. The second-order valence-electron chi connectivity index (χ2n) is 4.90. The fourth-order valence-corrected chi connectivity index (χ4v) is 3.94. The van der Waals surface area contributed by atoms with Crippen LogP contribution in [0.1, 0.15) is 13.8 Å². The molecule has 1 aliphatic heterocycles. The molecule has 0 saturated carbocycles. The van der Waals surface area contributed by atoms with Gasteiger partial charge < -0.3 is 0 Å². The highest BCUT2D eigenvalue weighted by molar-refractivity contribution is 14.1. The van der Waals surface area contributed by atoms with Crippen molar-refractivity contribution in [3.63, 3.8) is 0 Å². The van der Waals surface area contributed by atoms with Crippen molar-refractivity contribution in [3.05, 3.63) is 27.8 Å². The first-order valence-corrected chi connectivity index (χ1v) is 8.30. The molecule has 1 heterocycles. The lowest BCUT2D eigenvalue weighted by molar-refractivity contribution is -0.141. The Bertz CT molecular complexity index is 667. The molecule has 0 spiro atoms. The fraction of sp³-hybridized carbons (Fsp3) is 0.333. The monoisotopic (exact) mass is 408 g/mol. The molecule has 1 aliphatic rings. The van der Waals surface area contributed by atoms with Gasteiger partial charge in [-0.1, -0.05) is 0 Å². The van der Waals surface area contributed by atoms with E-state index in [9.17, 15) is 18.0 Å². The molecule has 1 saturated heterocycles. The number of sulfonamides is 1. The van der Waals surface area contributed by atoms with E-state index in [4.69, 9.17) is 0 Å². The maximum absolute atomic E-state index is 12.6. The van der Waals surface area contributed by atoms with E-state index < -0.39 is 27.4 Å². The summed E-state index contributed by atoms with van der Waals surface area (Å²) in [5.41, 5.74) is -1.31. The zero-order valence-corrected chi connectivity index (χ0v) is 13.9. The van der Waals surface area contributed by atoms with Crippen molar-refractivity contribution < 1.29 is 18.0 Å². The molecule has 0 aromatic heterocycles. The van der Waals surface area contributed by atoms with E-state index in [1.165, 1.54) is 26.0 Å². The summed E-state index contributed by atoms with van der Waals surface area (Å²) in [5.74, 6) is -1.24. The third-order valence-electron chi connectivity index (χ3n) is 3.12. The van der Waals surface area contributed by atoms with Crippen LogP contribution in [-0.4, -0.2) is 36.6 Å². The van der Waals surface area contributed by atoms with Crippen LogP contribution in [0.3, 0.4) is 0 Å². The zero-order valence-electron chi connectivity index (χ0n) is 10.9. The Morgan fingerprint density at radius 1 is 1.20 bits per heavy atom. The molecule has 1 N–H and O–H groups in total. The normalized spacial score (nSPS) is 19.8. The highest BCUT2D eigenvalue weighted by Crippen LogP contribution is 2.27. The number of halogens is 1. The number of carbonyl (C=O) groups excluding carboxylic acids is 2. The van der Waals surface area contributed by atoms with Crippen molar-refractivity contribution in [1.82, 2.24) is 9.62 Å². The van der Waals surface area contributed by atoms with Crippen LogP contribution >= 0.6 is 22.6 Å². The van der Waals surface area contributed by atoms with E-state index in [0.717, 1.165) is 7.88 Å². The molecule has 1 aromatic carbocycles. The van der Waals surface area contributed by atoms with E-state index >= 15 is 0 Å². The second-order valence-corrected chi connectivity index (χ2v) is 8.01. The van der Waals surface area contributed by atoms with Crippen LogP contribution in [0, 0.1) is 3.57 Å². The minimum Gasteiger partial charge on any atom is -0.294 e. The molecular formula is C12H13IN2O4S. The van der Waals surface area contributed by atoms with Crippen molar-refractivity contribution >= 4 is 44.4 Å². The van der Waals surface area contributed by atoms with Gasteiger partial charge in [-0.3, -0.25) is 14.9 Å². The molecule has 1 fully saturated rings. The number of hydrogen-bond acceptors (Lipinski definition) is 4. The molecule has 2 amide bonds. The predicted octanol–water partition coefficient (Wildman–Crippen LogP) is 0.717. The maximum atomic E-state index is 12.6. The summed E-state index contributed by atoms with van der Waals surface area (Å²) >= 11 is 2.07. The number of rotatable bonds is 2. The van der Waals surface area contributed by atoms with Gasteiger partial charge in [0.05, 0.1) is 11.4 Å². The minimum absolute atomic E-state index is 0.0634. The van der Waals surface area contributed by atoms with Gasteiger partial charge in [0.25, 0.3) is 0 Å². The van der Waals surface area contributed by atoms with Crippen molar-refractivity contribution in [2.24, 2.45) is 0 Å². The van der Waals surface area contributed by atoms with Gasteiger partial charge in [0.1, 0.15) is 5.54 Å². The quantitative estimate of drug-likeness (QED) is 0.578. The highest BCUT2D eigenvalue weighted by atomic mass is 127. The number of benzene rings is 1. The average molecular weight is 408 g/mol. The summed E-state index contributed by atoms with van der Waals surface area (Å²) in [6.45, 7) is 2.57. The summed E-state index contributed by atoms with van der Waals surface area (Å²) in [6.07, 6.45) is 0. The fourth-order valence-electron chi connectivity index (χ4n) is 1.88. The Kier molecular flexibility index (Phi) is 3.91. The van der Waals surface area contributed by atoms with Crippen molar-refractivity contribution in [2.45, 2.75) is 24.3 Å². The number of amides is 2. The predicted molar refractivity (Wildman–Crippen MR) is 80.3 cm³/mol. The lowest BCUT2D eigenvalue weighted by Gasteiger charge is -2.38. The van der Waals surface area contributed by atoms with Crippen molar-refractivity contribution in [3.8, 4) is 0 Å². The smallest absolute Gasteiger partial charge is 0.247 e. The molecule has 108 valence electrons. The van der Waals surface area contributed by atoms with Crippen LogP contribution in [0.2, 0.25) is 0 Å². The Morgan fingerprint density at radius 2 is 1.75 bits per heavy atom. The molecule has 2 rings (SSSR count). The Balaban J connectivity index is 2.49. The van der Waals surface area contributed by atoms with Gasteiger partial charge in [-0.2, -0.15) is 4.31 Å². The lowest BCUT2D eigenvalue weighted by atomic mass is 10.0. The van der Waals surface area contributed by atoms with Crippen LogP contribution in [0.4, 0.5) is 0 Å². The van der Waals surface area contributed by atoms with E-state index in [1.54, 1.807) is 12.1 Å². The molecule has 0 unspecified atom stereocenters. The summed E-state index contributed by atoms with van der Waals surface area (Å²) < 4.78 is 27.0. The van der Waals surface area contributed by atoms with Crippen molar-refractivity contribution in [2.75, 3.05) is 6.54 Å². The third-order valence-corrected chi connectivity index (χ3v) is 5.87. The van der Waals surface area contributed by atoms with Crippen molar-refractivity contribution in [1.29, 1.82) is 0 Å². The molecule has 8 heteroatoms. The van der Waals surface area contributed by atoms with E-state index in [0.29, 0.717) is 0 Å². The molecule has 0 bridgehead atoms. The van der Waals surface area contributed by atoms with Gasteiger partial charge >= 0.3 is 0 Å². The molecule has 0 atom stereocenters. The molecule has 0 radical (unpaired) electrons. The Labute approximate surface area is 130 Å². The van der Waals surface area contributed by atoms with Crippen LogP contribution in [0.5, 0.6) is 0 Å². The summed E-state index contributed by atoms with van der Waals surface area (Å²) in [7, 11) is -3.90. The highest BCUT2D eigenvalue weighted by Gasteiger charge is 2.47. The van der Waals surface area contributed by atoms with Gasteiger partial charge in [0.2, 0.25) is 21.8 Å². The second kappa shape index (κ2) is 5.08. The standard InChI is InChI=1S/C12H13IN2O4S/c1-12(2)11(17)14-10(16)7-15(12)20(18,19)9-5-3-8(13)4-6-9/h3-6H,7H2,1-2H3,(H,14,16,17).